The van der Waals surface area contributed by atoms with Gasteiger partial charge in [0.15, 0.2) is 5.78 Å². The molecule has 0 aliphatic heterocycles. The maximum atomic E-state index is 11.6. The third kappa shape index (κ3) is 5.31. The average molecular weight is 244 g/mol. The van der Waals surface area contributed by atoms with E-state index in [9.17, 15) is 4.79 Å². The Morgan fingerprint density at radius 3 is 2.33 bits per heavy atom. The summed E-state index contributed by atoms with van der Waals surface area (Å²) in [5.41, 5.74) is 2.12. The van der Waals surface area contributed by atoms with Crippen molar-refractivity contribution in [2.45, 2.75) is 52.4 Å². The Labute approximate surface area is 111 Å². The average Bonchev–Trinajstić information content (AvgIpc) is 2.39. The van der Waals surface area contributed by atoms with Crippen LogP contribution >= 0.6 is 0 Å². The first-order valence-electron chi connectivity index (χ1n) is 7.04. The van der Waals surface area contributed by atoms with Crippen LogP contribution in [-0.4, -0.2) is 5.78 Å². The van der Waals surface area contributed by atoms with Crippen LogP contribution in [0, 0.1) is 0 Å². The quantitative estimate of drug-likeness (QED) is 0.359. The van der Waals surface area contributed by atoms with Crippen LogP contribution in [0.3, 0.4) is 0 Å². The molecule has 0 heterocycles. The van der Waals surface area contributed by atoms with Gasteiger partial charge in [-0.2, -0.15) is 0 Å². The monoisotopic (exact) mass is 244 g/mol. The number of allylic oxidation sites excluding steroid dienone is 2. The van der Waals surface area contributed by atoms with Gasteiger partial charge in [-0.05, 0) is 31.4 Å². The zero-order chi connectivity index (χ0) is 13.2. The Kier molecular flexibility index (Phi) is 7.09. The third-order valence-corrected chi connectivity index (χ3v) is 3.13. The first-order chi connectivity index (χ1) is 8.77. The van der Waals surface area contributed by atoms with E-state index in [0.29, 0.717) is 0 Å². The van der Waals surface area contributed by atoms with E-state index in [2.05, 4.69) is 19.1 Å². The molecule has 0 spiro atoms. The lowest BCUT2D eigenvalue weighted by Crippen LogP contribution is -1.94. The highest BCUT2D eigenvalue weighted by molar-refractivity contribution is 6.04. The Morgan fingerprint density at radius 2 is 1.72 bits per heavy atom. The molecule has 1 heteroatoms. The number of carbonyl (C=O) groups is 1. The number of aryl methyl sites for hydroxylation is 1. The molecular formula is C17H24O. The van der Waals surface area contributed by atoms with E-state index in [-0.39, 0.29) is 5.78 Å². The smallest absolute Gasteiger partial charge is 0.185 e. The predicted octanol–water partition coefficient (Wildman–Crippen LogP) is 4.96. The lowest BCUT2D eigenvalue weighted by molar-refractivity contribution is 0.104. The molecule has 98 valence electrons. The first kappa shape index (κ1) is 14.7. The number of ketones is 1. The summed E-state index contributed by atoms with van der Waals surface area (Å²) in [6, 6.07) is 8.03. The Balaban J connectivity index is 2.38. The fourth-order valence-electron chi connectivity index (χ4n) is 2.02. The van der Waals surface area contributed by atoms with Gasteiger partial charge >= 0.3 is 0 Å². The number of hydrogen-bond donors (Lipinski definition) is 0. The summed E-state index contributed by atoms with van der Waals surface area (Å²) < 4.78 is 0. The molecule has 1 aromatic carbocycles. The van der Waals surface area contributed by atoms with Crippen molar-refractivity contribution < 1.29 is 4.79 Å². The van der Waals surface area contributed by atoms with Gasteiger partial charge in [0.2, 0.25) is 0 Å². The van der Waals surface area contributed by atoms with E-state index in [1.165, 1.54) is 37.7 Å². The van der Waals surface area contributed by atoms with E-state index in [1.807, 2.05) is 19.1 Å². The molecule has 0 saturated heterocycles. The van der Waals surface area contributed by atoms with E-state index < -0.39 is 0 Å². The molecule has 1 rings (SSSR count). The van der Waals surface area contributed by atoms with Gasteiger partial charge in [-0.15, -0.1) is 0 Å². The van der Waals surface area contributed by atoms with Gasteiger partial charge in [-0.25, -0.2) is 0 Å². The molecule has 0 aromatic heterocycles. The van der Waals surface area contributed by atoms with Crippen LogP contribution in [0.4, 0.5) is 0 Å². The second-order valence-corrected chi connectivity index (χ2v) is 4.73. The molecule has 0 aliphatic rings. The van der Waals surface area contributed by atoms with Gasteiger partial charge in [-0.1, -0.05) is 62.9 Å². The fourth-order valence-corrected chi connectivity index (χ4v) is 2.02. The van der Waals surface area contributed by atoms with Crippen molar-refractivity contribution in [3.05, 3.63) is 47.5 Å². The summed E-state index contributed by atoms with van der Waals surface area (Å²) in [4.78, 5) is 11.6. The van der Waals surface area contributed by atoms with Crippen LogP contribution in [0.1, 0.15) is 61.9 Å². The summed E-state index contributed by atoms with van der Waals surface area (Å²) in [6.07, 6.45) is 11.1. The lowest BCUT2D eigenvalue weighted by atomic mass is 10.0. The van der Waals surface area contributed by atoms with Crippen LogP contribution in [0.15, 0.2) is 36.4 Å². The van der Waals surface area contributed by atoms with Crippen LogP contribution in [0.25, 0.3) is 0 Å². The summed E-state index contributed by atoms with van der Waals surface area (Å²) in [5, 5.41) is 0. The van der Waals surface area contributed by atoms with Crippen LogP contribution in [0.5, 0.6) is 0 Å². The summed E-state index contributed by atoms with van der Waals surface area (Å²) >= 11 is 0. The van der Waals surface area contributed by atoms with Crippen LogP contribution < -0.4 is 0 Å². The van der Waals surface area contributed by atoms with Gasteiger partial charge in [0.05, 0.1) is 0 Å². The highest BCUT2D eigenvalue weighted by Crippen LogP contribution is 2.11. The molecule has 0 bridgehead atoms. The molecule has 18 heavy (non-hydrogen) atoms. The lowest BCUT2D eigenvalue weighted by Gasteiger charge is -2.02. The van der Waals surface area contributed by atoms with E-state index in [0.717, 1.165) is 12.0 Å². The fraction of sp³-hybridized carbons (Fsp3) is 0.471. The molecule has 0 aliphatic carbocycles. The van der Waals surface area contributed by atoms with Crippen LogP contribution in [0.2, 0.25) is 0 Å². The maximum absolute atomic E-state index is 11.6. The highest BCUT2D eigenvalue weighted by atomic mass is 16.1. The zero-order valence-corrected chi connectivity index (χ0v) is 11.6. The number of unbranched alkanes of at least 4 members (excludes halogenated alkanes) is 4. The number of benzene rings is 1. The minimum Gasteiger partial charge on any atom is -0.289 e. The minimum absolute atomic E-state index is 0.0898. The molecule has 0 fully saturated rings. The molecule has 0 atom stereocenters. The normalized spacial score (nSPS) is 11.0. The molecule has 0 radical (unpaired) electrons. The van der Waals surface area contributed by atoms with Crippen LogP contribution in [-0.2, 0) is 6.42 Å². The van der Waals surface area contributed by atoms with Gasteiger partial charge in [-0.3, -0.25) is 4.79 Å². The van der Waals surface area contributed by atoms with Gasteiger partial charge in [0.1, 0.15) is 0 Å². The van der Waals surface area contributed by atoms with E-state index in [4.69, 9.17) is 0 Å². The van der Waals surface area contributed by atoms with E-state index >= 15 is 0 Å². The first-order valence-corrected chi connectivity index (χ1v) is 7.04. The number of hydrogen-bond acceptors (Lipinski definition) is 1. The molecular weight excluding hydrogens is 220 g/mol. The van der Waals surface area contributed by atoms with Crippen molar-refractivity contribution >= 4 is 5.78 Å². The van der Waals surface area contributed by atoms with Gasteiger partial charge in [0, 0.05) is 5.56 Å². The molecule has 0 amide bonds. The maximum Gasteiger partial charge on any atom is 0.185 e. The van der Waals surface area contributed by atoms with Crippen molar-refractivity contribution in [2.24, 2.45) is 0 Å². The SMILES string of the molecule is CC=CC(=O)c1ccc(CCCCCCC)cc1. The van der Waals surface area contributed by atoms with Gasteiger partial charge in [0.25, 0.3) is 0 Å². The standard InChI is InChI=1S/C17H24O/c1-3-5-6-7-8-10-15-11-13-16(14-12-15)17(18)9-4-2/h4,9,11-14H,3,5-8,10H2,1-2H3. The molecule has 1 aromatic rings. The molecule has 0 N–H and O–H groups in total. The van der Waals surface area contributed by atoms with Crippen molar-refractivity contribution in [1.29, 1.82) is 0 Å². The summed E-state index contributed by atoms with van der Waals surface area (Å²) in [6.45, 7) is 4.10. The summed E-state index contributed by atoms with van der Waals surface area (Å²) in [7, 11) is 0. The van der Waals surface area contributed by atoms with Crippen molar-refractivity contribution in [1.82, 2.24) is 0 Å². The Bertz CT molecular complexity index is 373. The minimum atomic E-state index is 0.0898. The van der Waals surface area contributed by atoms with Crippen molar-refractivity contribution in [3.8, 4) is 0 Å². The number of rotatable bonds is 8. The predicted molar refractivity (Wildman–Crippen MR) is 78.0 cm³/mol. The third-order valence-electron chi connectivity index (χ3n) is 3.13. The van der Waals surface area contributed by atoms with Crippen molar-refractivity contribution in [2.75, 3.05) is 0 Å². The van der Waals surface area contributed by atoms with E-state index in [1.54, 1.807) is 12.2 Å². The Hall–Kier alpha value is -1.37. The largest absolute Gasteiger partial charge is 0.289 e. The zero-order valence-electron chi connectivity index (χ0n) is 11.6. The van der Waals surface area contributed by atoms with Gasteiger partial charge < -0.3 is 0 Å². The number of carbonyl (C=O) groups excluding carboxylic acids is 1. The molecule has 0 unspecified atom stereocenters. The topological polar surface area (TPSA) is 17.1 Å². The van der Waals surface area contributed by atoms with Crippen molar-refractivity contribution in [3.63, 3.8) is 0 Å². The highest BCUT2D eigenvalue weighted by Gasteiger charge is 2.01. The Morgan fingerprint density at radius 1 is 1.06 bits per heavy atom. The molecule has 1 nitrogen and oxygen atoms in total. The second-order valence-electron chi connectivity index (χ2n) is 4.73. The second kappa shape index (κ2) is 8.68. The summed E-state index contributed by atoms with van der Waals surface area (Å²) in [5.74, 6) is 0.0898. The molecule has 0 saturated carbocycles.